The summed E-state index contributed by atoms with van der Waals surface area (Å²) in [5.74, 6) is 5.07. The van der Waals surface area contributed by atoms with Gasteiger partial charge in [0.1, 0.15) is 17.3 Å². The van der Waals surface area contributed by atoms with Gasteiger partial charge in [0.2, 0.25) is 0 Å². The molecular weight excluding hydrogens is 311 g/mol. The second-order valence-electron chi connectivity index (χ2n) is 5.03. The number of nitrogens with zero attached hydrogens (tertiary/aromatic N) is 2. The molecule has 3 aromatic rings. The van der Waals surface area contributed by atoms with Crippen molar-refractivity contribution in [3.8, 4) is 5.75 Å². The third kappa shape index (κ3) is 3.14. The number of hydrogen-bond acceptors (Lipinski definition) is 5. The number of aromatic nitrogens is 1. The van der Waals surface area contributed by atoms with Crippen LogP contribution in [-0.2, 0) is 0 Å². The predicted octanol–water partition coefficient (Wildman–Crippen LogP) is 2.44. The zero-order chi connectivity index (χ0) is 17.1. The van der Waals surface area contributed by atoms with Crippen molar-refractivity contribution in [2.45, 2.75) is 0 Å². The standard InChI is InChI=1S/C17H13FN4O2/c18-11-1-6-15-10(7-11)8-14(17(24)21-15)16(22-19)9-20-12-2-4-13(23)5-3-12/h1-9,23H,19H2,(H,21,24). The van der Waals surface area contributed by atoms with Gasteiger partial charge in [0.05, 0.1) is 17.5 Å². The number of nitrogens with one attached hydrogen (secondary N) is 1. The number of nitrogens with two attached hydrogens (primary N) is 1. The molecule has 1 heterocycles. The molecule has 6 nitrogen and oxygen atoms in total. The number of aromatic hydroxyl groups is 1. The molecule has 4 N–H and O–H groups in total. The number of aliphatic imine (C=N–C) groups is 1. The number of pyridine rings is 1. The summed E-state index contributed by atoms with van der Waals surface area (Å²) in [6.45, 7) is 0. The molecule has 0 atom stereocenters. The van der Waals surface area contributed by atoms with Crippen molar-refractivity contribution < 1.29 is 9.50 Å². The molecule has 0 bridgehead atoms. The Bertz CT molecular complexity index is 1010. The molecule has 0 radical (unpaired) electrons. The highest BCUT2D eigenvalue weighted by Gasteiger charge is 2.09. The maximum atomic E-state index is 13.4. The predicted molar refractivity (Wildman–Crippen MR) is 91.5 cm³/mol. The average molecular weight is 324 g/mol. The molecule has 120 valence electrons. The Morgan fingerprint density at radius 3 is 2.62 bits per heavy atom. The zero-order valence-electron chi connectivity index (χ0n) is 12.4. The lowest BCUT2D eigenvalue weighted by atomic mass is 10.1. The van der Waals surface area contributed by atoms with Crippen LogP contribution in [0.3, 0.4) is 0 Å². The molecule has 24 heavy (non-hydrogen) atoms. The number of hydrazone groups is 1. The monoisotopic (exact) mass is 324 g/mol. The first kappa shape index (κ1) is 15.4. The van der Waals surface area contributed by atoms with Crippen molar-refractivity contribution in [2.75, 3.05) is 0 Å². The van der Waals surface area contributed by atoms with Crippen LogP contribution in [0, 0.1) is 5.82 Å². The minimum atomic E-state index is -0.413. The lowest BCUT2D eigenvalue weighted by Crippen LogP contribution is -2.20. The second-order valence-corrected chi connectivity index (χ2v) is 5.03. The lowest BCUT2D eigenvalue weighted by Gasteiger charge is -2.03. The SMILES string of the molecule is NN=C(C=Nc1ccc(O)cc1)c1cc2cc(F)ccc2[nH]c1=O. The number of phenolic OH excluding ortho intramolecular Hbond substituents is 1. The Kier molecular flexibility index (Phi) is 4.07. The van der Waals surface area contributed by atoms with Crippen molar-refractivity contribution in [3.05, 3.63) is 70.3 Å². The maximum Gasteiger partial charge on any atom is 0.258 e. The molecule has 0 amide bonds. The summed E-state index contributed by atoms with van der Waals surface area (Å²) in [4.78, 5) is 19.0. The Hall–Kier alpha value is -3.48. The van der Waals surface area contributed by atoms with E-state index in [-0.39, 0.29) is 17.0 Å². The first-order chi connectivity index (χ1) is 11.6. The van der Waals surface area contributed by atoms with Crippen LogP contribution < -0.4 is 11.4 Å². The molecule has 0 aliphatic carbocycles. The molecule has 2 aromatic carbocycles. The number of rotatable bonds is 3. The van der Waals surface area contributed by atoms with E-state index >= 15 is 0 Å². The summed E-state index contributed by atoms with van der Waals surface area (Å²) in [6.07, 6.45) is 1.34. The van der Waals surface area contributed by atoms with E-state index < -0.39 is 11.4 Å². The molecule has 0 unspecified atom stereocenters. The quantitative estimate of drug-likeness (QED) is 0.391. The Labute approximate surface area is 135 Å². The fourth-order valence-electron chi connectivity index (χ4n) is 2.21. The van der Waals surface area contributed by atoms with Crippen LogP contribution in [-0.4, -0.2) is 22.0 Å². The number of H-pyrrole nitrogens is 1. The summed E-state index contributed by atoms with van der Waals surface area (Å²) in [6, 6.07) is 11.7. The van der Waals surface area contributed by atoms with E-state index in [2.05, 4.69) is 15.1 Å². The molecule has 0 aliphatic rings. The van der Waals surface area contributed by atoms with Gasteiger partial charge in [-0.1, -0.05) is 0 Å². The fourth-order valence-corrected chi connectivity index (χ4v) is 2.21. The van der Waals surface area contributed by atoms with Crippen molar-refractivity contribution in [3.63, 3.8) is 0 Å². The van der Waals surface area contributed by atoms with Crippen LogP contribution in [0.25, 0.3) is 10.9 Å². The van der Waals surface area contributed by atoms with E-state index in [0.717, 1.165) is 0 Å². The van der Waals surface area contributed by atoms with E-state index in [1.165, 1.54) is 42.6 Å². The Morgan fingerprint density at radius 2 is 1.92 bits per heavy atom. The molecule has 3 rings (SSSR count). The average Bonchev–Trinajstić information content (AvgIpc) is 2.57. The van der Waals surface area contributed by atoms with Gasteiger partial charge in [0, 0.05) is 10.9 Å². The molecule has 7 heteroatoms. The third-order valence-electron chi connectivity index (χ3n) is 3.41. The summed E-state index contributed by atoms with van der Waals surface area (Å²) < 4.78 is 13.4. The van der Waals surface area contributed by atoms with Gasteiger partial charge in [-0.15, -0.1) is 0 Å². The number of benzene rings is 2. The van der Waals surface area contributed by atoms with Gasteiger partial charge in [0.15, 0.2) is 0 Å². The third-order valence-corrected chi connectivity index (χ3v) is 3.41. The summed E-state index contributed by atoms with van der Waals surface area (Å²) in [5, 5.41) is 13.3. The first-order valence-corrected chi connectivity index (χ1v) is 7.01. The number of hydrogen-bond donors (Lipinski definition) is 3. The number of phenols is 1. The summed E-state index contributed by atoms with van der Waals surface area (Å²) in [5.41, 5.74) is 0.985. The largest absolute Gasteiger partial charge is 0.508 e. The normalized spacial score (nSPS) is 12.1. The van der Waals surface area contributed by atoms with Crippen LogP contribution in [0.1, 0.15) is 5.56 Å². The second kappa shape index (κ2) is 6.33. The number of aromatic amines is 1. The molecular formula is C17H13FN4O2. The van der Waals surface area contributed by atoms with Gasteiger partial charge < -0.3 is 15.9 Å². The zero-order valence-corrected chi connectivity index (χ0v) is 12.4. The smallest absolute Gasteiger partial charge is 0.258 e. The molecule has 0 saturated carbocycles. The van der Waals surface area contributed by atoms with Crippen LogP contribution in [0.5, 0.6) is 5.75 Å². The fraction of sp³-hybridized carbons (Fsp3) is 0. The van der Waals surface area contributed by atoms with Crippen molar-refractivity contribution in [2.24, 2.45) is 15.9 Å². The summed E-state index contributed by atoms with van der Waals surface area (Å²) in [7, 11) is 0. The van der Waals surface area contributed by atoms with E-state index in [1.807, 2.05) is 0 Å². The minimum absolute atomic E-state index is 0.120. The van der Waals surface area contributed by atoms with Gasteiger partial charge >= 0.3 is 0 Å². The highest BCUT2D eigenvalue weighted by molar-refractivity contribution is 6.38. The van der Waals surface area contributed by atoms with E-state index in [1.54, 1.807) is 12.1 Å². The van der Waals surface area contributed by atoms with Crippen molar-refractivity contribution >= 4 is 28.5 Å². The molecule has 0 saturated heterocycles. The van der Waals surface area contributed by atoms with Gasteiger partial charge in [0.25, 0.3) is 5.56 Å². The molecule has 0 spiro atoms. The maximum absolute atomic E-state index is 13.4. The van der Waals surface area contributed by atoms with Crippen LogP contribution in [0.2, 0.25) is 0 Å². The van der Waals surface area contributed by atoms with Crippen molar-refractivity contribution in [1.29, 1.82) is 0 Å². The van der Waals surface area contributed by atoms with Gasteiger partial charge in [-0.05, 0) is 48.5 Å². The van der Waals surface area contributed by atoms with Gasteiger partial charge in [-0.3, -0.25) is 9.79 Å². The highest BCUT2D eigenvalue weighted by Crippen LogP contribution is 2.17. The van der Waals surface area contributed by atoms with Gasteiger partial charge in [-0.2, -0.15) is 5.10 Å². The minimum Gasteiger partial charge on any atom is -0.508 e. The lowest BCUT2D eigenvalue weighted by molar-refractivity contribution is 0.475. The molecule has 1 aromatic heterocycles. The van der Waals surface area contributed by atoms with Crippen molar-refractivity contribution in [1.82, 2.24) is 4.98 Å². The number of halogens is 1. The Balaban J connectivity index is 2.01. The van der Waals surface area contributed by atoms with E-state index in [0.29, 0.717) is 16.6 Å². The van der Waals surface area contributed by atoms with E-state index in [4.69, 9.17) is 5.84 Å². The van der Waals surface area contributed by atoms with Crippen LogP contribution in [0.4, 0.5) is 10.1 Å². The first-order valence-electron chi connectivity index (χ1n) is 7.01. The van der Waals surface area contributed by atoms with Crippen LogP contribution >= 0.6 is 0 Å². The highest BCUT2D eigenvalue weighted by atomic mass is 19.1. The van der Waals surface area contributed by atoms with E-state index in [9.17, 15) is 14.3 Å². The topological polar surface area (TPSA) is 104 Å². The Morgan fingerprint density at radius 1 is 1.17 bits per heavy atom. The van der Waals surface area contributed by atoms with Crippen LogP contribution in [0.15, 0.2) is 63.4 Å². The molecule has 0 aliphatic heterocycles. The molecule has 0 fully saturated rings. The number of fused-ring (bicyclic) bond motifs is 1. The van der Waals surface area contributed by atoms with Gasteiger partial charge in [-0.25, -0.2) is 4.39 Å². The summed E-state index contributed by atoms with van der Waals surface area (Å²) >= 11 is 0.